The third kappa shape index (κ3) is 3.74. The first-order valence-corrected chi connectivity index (χ1v) is 4.22. The largest absolute Gasteiger partial charge is 0.408 e. The van der Waals surface area contributed by atoms with Crippen molar-refractivity contribution in [3.05, 3.63) is 5.89 Å². The first-order valence-electron chi connectivity index (χ1n) is 4.22. The number of anilines is 1. The number of nitrogens with two attached hydrogens (primary N) is 1. The maximum Gasteiger partial charge on any atom is 0.406 e. The molecule has 1 aromatic rings. The molecule has 0 aliphatic rings. The van der Waals surface area contributed by atoms with Gasteiger partial charge in [0, 0.05) is 20.0 Å². The molecular formula is C7H11F3N4O. The average molecular weight is 224 g/mol. The summed E-state index contributed by atoms with van der Waals surface area (Å²) in [5, 5.41) is 7.02. The quantitative estimate of drug-likeness (QED) is 0.809. The van der Waals surface area contributed by atoms with Crippen molar-refractivity contribution < 1.29 is 17.6 Å². The van der Waals surface area contributed by atoms with Gasteiger partial charge in [-0.05, 0) is 0 Å². The molecule has 0 atom stereocenters. The van der Waals surface area contributed by atoms with Crippen LogP contribution < -0.4 is 10.6 Å². The van der Waals surface area contributed by atoms with Gasteiger partial charge >= 0.3 is 12.2 Å². The maximum atomic E-state index is 12.0. The number of hydrogen-bond donors (Lipinski definition) is 1. The van der Waals surface area contributed by atoms with E-state index in [2.05, 4.69) is 10.2 Å². The lowest BCUT2D eigenvalue weighted by Gasteiger charge is -2.15. The van der Waals surface area contributed by atoms with Crippen molar-refractivity contribution in [1.82, 2.24) is 10.2 Å². The second-order valence-corrected chi connectivity index (χ2v) is 2.99. The van der Waals surface area contributed by atoms with Crippen molar-refractivity contribution in [2.24, 2.45) is 5.73 Å². The van der Waals surface area contributed by atoms with Gasteiger partial charge in [0.1, 0.15) is 6.54 Å². The zero-order valence-corrected chi connectivity index (χ0v) is 8.08. The molecule has 0 saturated carbocycles. The first-order chi connectivity index (χ1) is 6.92. The summed E-state index contributed by atoms with van der Waals surface area (Å²) >= 11 is 0. The average Bonchev–Trinajstić information content (AvgIpc) is 2.50. The van der Waals surface area contributed by atoms with Gasteiger partial charge in [0.05, 0.1) is 0 Å². The molecular weight excluding hydrogens is 213 g/mol. The van der Waals surface area contributed by atoms with E-state index in [0.29, 0.717) is 13.0 Å². The second-order valence-electron chi connectivity index (χ2n) is 2.99. The van der Waals surface area contributed by atoms with E-state index >= 15 is 0 Å². The molecule has 0 aromatic carbocycles. The molecule has 0 bridgehead atoms. The summed E-state index contributed by atoms with van der Waals surface area (Å²) in [5.41, 5.74) is 5.23. The Kier molecular flexibility index (Phi) is 3.51. The fourth-order valence-electron chi connectivity index (χ4n) is 0.960. The minimum Gasteiger partial charge on any atom is -0.408 e. The van der Waals surface area contributed by atoms with Crippen LogP contribution in [-0.2, 0) is 6.42 Å². The Morgan fingerprint density at radius 3 is 2.60 bits per heavy atom. The predicted molar refractivity (Wildman–Crippen MR) is 46.4 cm³/mol. The molecule has 1 aromatic heterocycles. The third-order valence-corrected chi connectivity index (χ3v) is 1.56. The number of alkyl halides is 3. The summed E-state index contributed by atoms with van der Waals surface area (Å²) in [5.74, 6) is 0.238. The Morgan fingerprint density at radius 1 is 1.40 bits per heavy atom. The van der Waals surface area contributed by atoms with Crippen LogP contribution >= 0.6 is 0 Å². The highest BCUT2D eigenvalue weighted by molar-refractivity contribution is 5.22. The van der Waals surface area contributed by atoms with Crippen LogP contribution in [0.4, 0.5) is 19.2 Å². The van der Waals surface area contributed by atoms with Crippen molar-refractivity contribution in [2.75, 3.05) is 25.0 Å². The van der Waals surface area contributed by atoms with E-state index in [-0.39, 0.29) is 11.9 Å². The smallest absolute Gasteiger partial charge is 0.406 e. The lowest BCUT2D eigenvalue weighted by Crippen LogP contribution is -2.31. The number of hydrogen-bond acceptors (Lipinski definition) is 5. The summed E-state index contributed by atoms with van der Waals surface area (Å²) in [6.07, 6.45) is -3.94. The molecule has 0 unspecified atom stereocenters. The number of nitrogens with zero attached hydrogens (tertiary/aromatic N) is 3. The van der Waals surface area contributed by atoms with E-state index in [1.165, 1.54) is 7.05 Å². The van der Waals surface area contributed by atoms with Gasteiger partial charge in [-0.1, -0.05) is 5.10 Å². The molecule has 1 heterocycles. The second kappa shape index (κ2) is 4.47. The Balaban J connectivity index is 2.61. The molecule has 0 fully saturated rings. The van der Waals surface area contributed by atoms with E-state index in [1.807, 2.05) is 0 Å². The Hall–Kier alpha value is -1.31. The molecule has 0 aliphatic carbocycles. The Bertz CT molecular complexity index is 311. The Morgan fingerprint density at radius 2 is 2.07 bits per heavy atom. The van der Waals surface area contributed by atoms with Crippen LogP contribution in [0.15, 0.2) is 4.42 Å². The molecule has 8 heteroatoms. The maximum absolute atomic E-state index is 12.0. The highest BCUT2D eigenvalue weighted by atomic mass is 19.4. The molecule has 0 spiro atoms. The highest BCUT2D eigenvalue weighted by Crippen LogP contribution is 2.19. The van der Waals surface area contributed by atoms with Crippen molar-refractivity contribution in [2.45, 2.75) is 12.6 Å². The topological polar surface area (TPSA) is 68.2 Å². The van der Waals surface area contributed by atoms with Gasteiger partial charge in [0.25, 0.3) is 0 Å². The molecule has 1 rings (SSSR count). The van der Waals surface area contributed by atoms with Gasteiger partial charge in [0.15, 0.2) is 0 Å². The first kappa shape index (κ1) is 11.8. The van der Waals surface area contributed by atoms with Crippen molar-refractivity contribution in [1.29, 1.82) is 0 Å². The van der Waals surface area contributed by atoms with E-state index in [1.54, 1.807) is 0 Å². The summed E-state index contributed by atoms with van der Waals surface area (Å²) < 4.78 is 40.9. The van der Waals surface area contributed by atoms with Crippen LogP contribution in [0.3, 0.4) is 0 Å². The van der Waals surface area contributed by atoms with Gasteiger partial charge in [-0.2, -0.15) is 13.2 Å². The van der Waals surface area contributed by atoms with Crippen LogP contribution in [0.2, 0.25) is 0 Å². The van der Waals surface area contributed by atoms with Crippen LogP contribution in [0.1, 0.15) is 5.89 Å². The molecule has 0 radical (unpaired) electrons. The van der Waals surface area contributed by atoms with Crippen molar-refractivity contribution in [3.8, 4) is 0 Å². The van der Waals surface area contributed by atoms with Gasteiger partial charge in [-0.15, -0.1) is 5.10 Å². The molecule has 0 aliphatic heterocycles. The standard InChI is InChI=1S/C7H11F3N4O/c1-14(4-7(8,9)10)6-13-12-5(15-6)2-3-11/h2-4,11H2,1H3. The van der Waals surface area contributed by atoms with E-state index < -0.39 is 12.7 Å². The normalized spacial score (nSPS) is 11.8. The van der Waals surface area contributed by atoms with Gasteiger partial charge in [-0.25, -0.2) is 0 Å². The third-order valence-electron chi connectivity index (χ3n) is 1.56. The van der Waals surface area contributed by atoms with Crippen LogP contribution in [0, 0.1) is 0 Å². The van der Waals surface area contributed by atoms with Crippen LogP contribution in [-0.4, -0.2) is 36.5 Å². The fourth-order valence-corrected chi connectivity index (χ4v) is 0.960. The molecule has 15 heavy (non-hydrogen) atoms. The van der Waals surface area contributed by atoms with Gasteiger partial charge < -0.3 is 15.1 Å². The van der Waals surface area contributed by atoms with E-state index in [0.717, 1.165) is 4.90 Å². The lowest BCUT2D eigenvalue weighted by molar-refractivity contribution is -0.119. The summed E-state index contributed by atoms with van der Waals surface area (Å²) in [7, 11) is 1.23. The molecule has 86 valence electrons. The number of aromatic nitrogens is 2. The van der Waals surface area contributed by atoms with E-state index in [4.69, 9.17) is 10.2 Å². The molecule has 0 saturated heterocycles. The van der Waals surface area contributed by atoms with Gasteiger partial charge in [-0.3, -0.25) is 0 Å². The monoisotopic (exact) mass is 224 g/mol. The predicted octanol–water partition coefficient (Wildman–Crippen LogP) is 0.569. The SMILES string of the molecule is CN(CC(F)(F)F)c1nnc(CCN)o1. The van der Waals surface area contributed by atoms with Crippen LogP contribution in [0.25, 0.3) is 0 Å². The summed E-state index contributed by atoms with van der Waals surface area (Å²) in [6.45, 7) is -0.818. The minimum absolute atomic E-state index is 0.157. The highest BCUT2D eigenvalue weighted by Gasteiger charge is 2.31. The van der Waals surface area contributed by atoms with Crippen molar-refractivity contribution >= 4 is 6.01 Å². The van der Waals surface area contributed by atoms with Gasteiger partial charge in [0.2, 0.25) is 5.89 Å². The molecule has 0 amide bonds. The minimum atomic E-state index is -4.29. The molecule has 5 nitrogen and oxygen atoms in total. The Labute approximate surface area is 84.1 Å². The number of halogens is 3. The molecule has 2 N–H and O–H groups in total. The summed E-state index contributed by atoms with van der Waals surface area (Å²) in [4.78, 5) is 0.840. The van der Waals surface area contributed by atoms with E-state index in [9.17, 15) is 13.2 Å². The zero-order chi connectivity index (χ0) is 11.5. The number of rotatable bonds is 4. The summed E-state index contributed by atoms with van der Waals surface area (Å²) in [6, 6.07) is -0.157. The van der Waals surface area contributed by atoms with Crippen molar-refractivity contribution in [3.63, 3.8) is 0 Å². The fraction of sp³-hybridized carbons (Fsp3) is 0.714. The lowest BCUT2D eigenvalue weighted by atomic mass is 10.4. The zero-order valence-electron chi connectivity index (χ0n) is 8.08. The van der Waals surface area contributed by atoms with Crippen LogP contribution in [0.5, 0.6) is 0 Å².